The van der Waals surface area contributed by atoms with Crippen LogP contribution in [0.4, 0.5) is 0 Å². The van der Waals surface area contributed by atoms with Gasteiger partial charge in [-0.2, -0.15) is 0 Å². The topological polar surface area (TPSA) is 29.1 Å². The van der Waals surface area contributed by atoms with Crippen LogP contribution in [0.1, 0.15) is 107 Å². The fourth-order valence-corrected chi connectivity index (χ4v) is 3.27. The third-order valence-electron chi connectivity index (χ3n) is 5.01. The first kappa shape index (κ1) is 23.5. The number of amides is 1. The summed E-state index contributed by atoms with van der Waals surface area (Å²) < 4.78 is 0. The lowest BCUT2D eigenvalue weighted by Gasteiger charge is -2.05. The molecule has 1 amide bonds. The van der Waals surface area contributed by atoms with E-state index in [9.17, 15) is 4.79 Å². The van der Waals surface area contributed by atoms with Crippen LogP contribution >= 0.6 is 0 Å². The van der Waals surface area contributed by atoms with Crippen molar-refractivity contribution in [1.29, 1.82) is 0 Å². The SMILES string of the molecule is CCCCCCCCC=CCCCCCCCCNC(=O)c1ccccc1. The third-order valence-corrected chi connectivity index (χ3v) is 5.01. The number of carbonyl (C=O) groups is 1. The molecule has 0 fully saturated rings. The van der Waals surface area contributed by atoms with Gasteiger partial charge in [-0.25, -0.2) is 0 Å². The summed E-state index contributed by atoms with van der Waals surface area (Å²) in [5.74, 6) is 0.0448. The lowest BCUT2D eigenvalue weighted by Crippen LogP contribution is -2.24. The molecule has 2 nitrogen and oxygen atoms in total. The van der Waals surface area contributed by atoms with Gasteiger partial charge >= 0.3 is 0 Å². The van der Waals surface area contributed by atoms with Gasteiger partial charge in [-0.1, -0.05) is 95.1 Å². The van der Waals surface area contributed by atoms with Crippen molar-refractivity contribution in [1.82, 2.24) is 5.32 Å². The molecule has 152 valence electrons. The summed E-state index contributed by atoms with van der Waals surface area (Å²) in [6.45, 7) is 3.06. The van der Waals surface area contributed by atoms with Crippen LogP contribution in [0.2, 0.25) is 0 Å². The molecule has 0 bridgehead atoms. The minimum Gasteiger partial charge on any atom is -0.352 e. The van der Waals surface area contributed by atoms with Gasteiger partial charge in [0.25, 0.3) is 5.91 Å². The van der Waals surface area contributed by atoms with Crippen LogP contribution in [0.25, 0.3) is 0 Å². The van der Waals surface area contributed by atoms with Gasteiger partial charge in [0.05, 0.1) is 0 Å². The lowest BCUT2D eigenvalue weighted by molar-refractivity contribution is 0.0953. The molecule has 0 aliphatic heterocycles. The molecule has 0 aliphatic rings. The highest BCUT2D eigenvalue weighted by molar-refractivity contribution is 5.94. The Bertz CT molecular complexity index is 480. The first-order valence-corrected chi connectivity index (χ1v) is 11.3. The van der Waals surface area contributed by atoms with Crippen LogP contribution in [0, 0.1) is 0 Å². The zero-order valence-electron chi connectivity index (χ0n) is 17.6. The fraction of sp³-hybridized carbons (Fsp3) is 0.640. The van der Waals surface area contributed by atoms with E-state index in [1.807, 2.05) is 30.3 Å². The van der Waals surface area contributed by atoms with Gasteiger partial charge in [0.1, 0.15) is 0 Å². The van der Waals surface area contributed by atoms with E-state index in [1.165, 1.54) is 83.5 Å². The standard InChI is InChI=1S/C25H41NO/c1-2-3-4-5-6-7-8-9-10-11-12-13-14-15-16-20-23-26-25(27)24-21-18-17-19-22-24/h9-10,17-19,21-22H,2-8,11-16,20,23H2,1H3,(H,26,27). The molecule has 0 spiro atoms. The Hall–Kier alpha value is -1.57. The van der Waals surface area contributed by atoms with Gasteiger partial charge in [0, 0.05) is 12.1 Å². The van der Waals surface area contributed by atoms with Crippen molar-refractivity contribution in [3.8, 4) is 0 Å². The summed E-state index contributed by atoms with van der Waals surface area (Å²) in [6, 6.07) is 9.45. The number of unbranched alkanes of at least 4 members (excludes halogenated alkanes) is 12. The quantitative estimate of drug-likeness (QED) is 0.223. The molecule has 0 aliphatic carbocycles. The minimum atomic E-state index is 0.0448. The molecule has 0 saturated heterocycles. The summed E-state index contributed by atoms with van der Waals surface area (Å²) >= 11 is 0. The number of carbonyl (C=O) groups excluding carboxylic acids is 1. The second-order valence-electron chi connectivity index (χ2n) is 7.56. The van der Waals surface area contributed by atoms with Gasteiger partial charge in [0.15, 0.2) is 0 Å². The van der Waals surface area contributed by atoms with E-state index in [4.69, 9.17) is 0 Å². The van der Waals surface area contributed by atoms with E-state index < -0.39 is 0 Å². The monoisotopic (exact) mass is 371 g/mol. The van der Waals surface area contributed by atoms with Crippen molar-refractivity contribution >= 4 is 5.91 Å². The Morgan fingerprint density at radius 2 is 1.26 bits per heavy atom. The number of hydrogen-bond acceptors (Lipinski definition) is 1. The molecule has 0 atom stereocenters. The second-order valence-corrected chi connectivity index (χ2v) is 7.56. The van der Waals surface area contributed by atoms with E-state index in [0.29, 0.717) is 0 Å². The zero-order valence-corrected chi connectivity index (χ0v) is 17.6. The van der Waals surface area contributed by atoms with Crippen LogP contribution in [0.5, 0.6) is 0 Å². The molecular formula is C25H41NO. The number of nitrogens with one attached hydrogen (secondary N) is 1. The Morgan fingerprint density at radius 3 is 1.85 bits per heavy atom. The number of benzene rings is 1. The normalized spacial score (nSPS) is 11.1. The minimum absolute atomic E-state index is 0.0448. The van der Waals surface area contributed by atoms with E-state index in [2.05, 4.69) is 24.4 Å². The fourth-order valence-electron chi connectivity index (χ4n) is 3.27. The molecule has 0 radical (unpaired) electrons. The van der Waals surface area contributed by atoms with Gasteiger partial charge in [-0.05, 0) is 44.2 Å². The van der Waals surface area contributed by atoms with Crippen molar-refractivity contribution in [2.75, 3.05) is 6.54 Å². The van der Waals surface area contributed by atoms with Crippen molar-refractivity contribution in [3.63, 3.8) is 0 Å². The predicted molar refractivity (Wildman–Crippen MR) is 118 cm³/mol. The van der Waals surface area contributed by atoms with Crippen molar-refractivity contribution in [2.24, 2.45) is 0 Å². The number of allylic oxidation sites excluding steroid dienone is 2. The summed E-state index contributed by atoms with van der Waals surface area (Å²) in [5, 5.41) is 3.00. The largest absolute Gasteiger partial charge is 0.352 e. The molecular weight excluding hydrogens is 330 g/mol. The highest BCUT2D eigenvalue weighted by atomic mass is 16.1. The number of hydrogen-bond donors (Lipinski definition) is 1. The van der Waals surface area contributed by atoms with Crippen LogP contribution in [0.15, 0.2) is 42.5 Å². The van der Waals surface area contributed by atoms with Gasteiger partial charge < -0.3 is 5.32 Å². The van der Waals surface area contributed by atoms with Crippen molar-refractivity contribution in [3.05, 3.63) is 48.0 Å². The first-order valence-electron chi connectivity index (χ1n) is 11.3. The highest BCUT2D eigenvalue weighted by Crippen LogP contribution is 2.09. The molecule has 2 heteroatoms. The molecule has 27 heavy (non-hydrogen) atoms. The first-order chi connectivity index (χ1) is 13.3. The lowest BCUT2D eigenvalue weighted by atomic mass is 10.1. The van der Waals surface area contributed by atoms with E-state index >= 15 is 0 Å². The Labute approximate surface area is 167 Å². The molecule has 0 saturated carbocycles. The van der Waals surface area contributed by atoms with Crippen LogP contribution in [0.3, 0.4) is 0 Å². The van der Waals surface area contributed by atoms with Crippen LogP contribution in [-0.2, 0) is 0 Å². The second kappa shape index (κ2) is 17.8. The van der Waals surface area contributed by atoms with E-state index in [-0.39, 0.29) is 5.91 Å². The average Bonchev–Trinajstić information content (AvgIpc) is 2.70. The summed E-state index contributed by atoms with van der Waals surface area (Å²) in [5.41, 5.74) is 0.752. The zero-order chi connectivity index (χ0) is 19.4. The molecule has 0 aromatic heterocycles. The van der Waals surface area contributed by atoms with Crippen LogP contribution in [-0.4, -0.2) is 12.5 Å². The molecule has 1 aromatic carbocycles. The molecule has 1 rings (SSSR count). The molecule has 1 N–H and O–H groups in total. The van der Waals surface area contributed by atoms with Gasteiger partial charge in [0.2, 0.25) is 0 Å². The van der Waals surface area contributed by atoms with Crippen LogP contribution < -0.4 is 5.32 Å². The van der Waals surface area contributed by atoms with E-state index in [0.717, 1.165) is 18.5 Å². The maximum atomic E-state index is 11.9. The van der Waals surface area contributed by atoms with Crippen molar-refractivity contribution < 1.29 is 4.79 Å². The maximum Gasteiger partial charge on any atom is 0.251 e. The highest BCUT2D eigenvalue weighted by Gasteiger charge is 2.02. The molecule has 0 heterocycles. The summed E-state index contributed by atoms with van der Waals surface area (Å²) in [6.07, 6.45) is 23.1. The smallest absolute Gasteiger partial charge is 0.251 e. The third kappa shape index (κ3) is 14.2. The predicted octanol–water partition coefficient (Wildman–Crippen LogP) is 7.45. The number of rotatable bonds is 17. The van der Waals surface area contributed by atoms with E-state index in [1.54, 1.807) is 0 Å². The van der Waals surface area contributed by atoms with Crippen molar-refractivity contribution in [2.45, 2.75) is 96.8 Å². The Balaban J connectivity index is 1.80. The maximum absolute atomic E-state index is 11.9. The molecule has 0 unspecified atom stereocenters. The summed E-state index contributed by atoms with van der Waals surface area (Å²) in [4.78, 5) is 11.9. The van der Waals surface area contributed by atoms with Gasteiger partial charge in [-0.3, -0.25) is 4.79 Å². The van der Waals surface area contributed by atoms with Gasteiger partial charge in [-0.15, -0.1) is 0 Å². The Morgan fingerprint density at radius 1 is 0.741 bits per heavy atom. The summed E-state index contributed by atoms with van der Waals surface area (Å²) in [7, 11) is 0. The Kier molecular flexibility index (Phi) is 15.5. The molecule has 1 aromatic rings. The average molecular weight is 372 g/mol.